The van der Waals surface area contributed by atoms with Gasteiger partial charge in [0, 0.05) is 17.9 Å². The number of nitrogens with zero attached hydrogens (tertiary/aromatic N) is 1. The number of ether oxygens (including phenoxy) is 1. The number of hydrogen-bond donors (Lipinski definition) is 1. The Kier molecular flexibility index (Phi) is 5.54. The van der Waals surface area contributed by atoms with Crippen LogP contribution in [-0.4, -0.2) is 41.1 Å². The zero-order valence-electron chi connectivity index (χ0n) is 17.6. The molecule has 2 aliphatic rings. The van der Waals surface area contributed by atoms with Gasteiger partial charge in [-0.1, -0.05) is 42.5 Å². The minimum atomic E-state index is -0.788. The van der Waals surface area contributed by atoms with Gasteiger partial charge in [0.1, 0.15) is 16.7 Å². The van der Waals surface area contributed by atoms with Crippen LogP contribution < -0.4 is 5.32 Å². The van der Waals surface area contributed by atoms with E-state index in [-0.39, 0.29) is 11.7 Å². The molecule has 0 aromatic heterocycles. The summed E-state index contributed by atoms with van der Waals surface area (Å²) in [7, 11) is 0. The molecule has 2 saturated heterocycles. The quantitative estimate of drug-likeness (QED) is 0.577. The molecule has 2 heterocycles. The highest BCUT2D eigenvalue weighted by Gasteiger charge is 2.57. The van der Waals surface area contributed by atoms with E-state index in [0.29, 0.717) is 24.3 Å². The summed E-state index contributed by atoms with van der Waals surface area (Å²) in [5.41, 5.74) is 1.39. The summed E-state index contributed by atoms with van der Waals surface area (Å²) < 4.78 is 18.7. The van der Waals surface area contributed by atoms with Gasteiger partial charge in [0.2, 0.25) is 5.91 Å². The fraction of sp³-hybridized carbons (Fsp3) is 0.240. The van der Waals surface area contributed by atoms with Gasteiger partial charge in [-0.05, 0) is 47.0 Å². The van der Waals surface area contributed by atoms with Crippen molar-refractivity contribution in [3.05, 3.63) is 78.1 Å². The number of thioether (sulfide) groups is 1. The van der Waals surface area contributed by atoms with Crippen LogP contribution in [0.25, 0.3) is 10.8 Å². The Balaban J connectivity index is 1.24. The lowest BCUT2D eigenvalue weighted by Gasteiger charge is -2.33. The standard InChI is InChI=1S/C25H21FN2O4S/c26-19-8-6-18(7-9-19)25-12-11-23(30)28(25)21(15-33-25)24(31)32-14-22(29)27-20-10-5-16-3-1-2-4-17(16)13-20/h1-10,13,21H,11-12,14-15H2,(H,27,29)/t21-,25+/m0/s1. The van der Waals surface area contributed by atoms with Crippen LogP contribution in [0.2, 0.25) is 0 Å². The summed E-state index contributed by atoms with van der Waals surface area (Å²) in [5.74, 6) is -1.22. The van der Waals surface area contributed by atoms with E-state index in [1.807, 2.05) is 36.4 Å². The normalized spacial score (nSPS) is 21.8. The summed E-state index contributed by atoms with van der Waals surface area (Å²) >= 11 is 1.48. The topological polar surface area (TPSA) is 75.7 Å². The Morgan fingerprint density at radius 3 is 2.64 bits per heavy atom. The molecular formula is C25H21FN2O4S. The molecule has 2 aliphatic heterocycles. The molecule has 0 spiro atoms. The second-order valence-corrected chi connectivity index (χ2v) is 9.40. The summed E-state index contributed by atoms with van der Waals surface area (Å²) in [6, 6.07) is 18.6. The second kappa shape index (κ2) is 8.51. The molecule has 5 rings (SSSR count). The van der Waals surface area contributed by atoms with E-state index in [9.17, 15) is 18.8 Å². The second-order valence-electron chi connectivity index (χ2n) is 8.10. The Morgan fingerprint density at radius 2 is 1.85 bits per heavy atom. The summed E-state index contributed by atoms with van der Waals surface area (Å²) in [5, 5.41) is 4.78. The Hall–Kier alpha value is -3.39. The molecule has 0 unspecified atom stereocenters. The van der Waals surface area contributed by atoms with Gasteiger partial charge in [-0.15, -0.1) is 11.8 Å². The van der Waals surface area contributed by atoms with Gasteiger partial charge in [0.25, 0.3) is 5.91 Å². The minimum absolute atomic E-state index is 0.146. The summed E-state index contributed by atoms with van der Waals surface area (Å²) in [6.07, 6.45) is 0.838. The number of nitrogens with one attached hydrogen (secondary N) is 1. The van der Waals surface area contributed by atoms with Crippen LogP contribution in [0.5, 0.6) is 0 Å². The first-order valence-corrected chi connectivity index (χ1v) is 11.6. The van der Waals surface area contributed by atoms with Crippen molar-refractivity contribution in [2.45, 2.75) is 23.8 Å². The zero-order valence-corrected chi connectivity index (χ0v) is 18.4. The molecule has 3 aromatic carbocycles. The number of hydrogen-bond acceptors (Lipinski definition) is 5. The highest BCUT2D eigenvalue weighted by atomic mass is 32.2. The average molecular weight is 465 g/mol. The van der Waals surface area contributed by atoms with Gasteiger partial charge in [-0.3, -0.25) is 9.59 Å². The lowest BCUT2D eigenvalue weighted by Crippen LogP contribution is -2.47. The van der Waals surface area contributed by atoms with Gasteiger partial charge in [0.15, 0.2) is 6.61 Å². The Bertz CT molecular complexity index is 1250. The fourth-order valence-corrected chi connectivity index (χ4v) is 6.16. The maximum Gasteiger partial charge on any atom is 0.330 e. The Labute approximate surface area is 194 Å². The average Bonchev–Trinajstić information content (AvgIpc) is 3.37. The molecule has 3 aromatic rings. The van der Waals surface area contributed by atoms with Crippen molar-refractivity contribution in [3.8, 4) is 0 Å². The van der Waals surface area contributed by atoms with E-state index >= 15 is 0 Å². The van der Waals surface area contributed by atoms with Gasteiger partial charge in [-0.2, -0.15) is 0 Å². The van der Waals surface area contributed by atoms with E-state index in [0.717, 1.165) is 16.3 Å². The van der Waals surface area contributed by atoms with Crippen LogP contribution in [0.3, 0.4) is 0 Å². The van der Waals surface area contributed by atoms with Crippen LogP contribution in [0.15, 0.2) is 66.7 Å². The fourth-order valence-electron chi connectivity index (χ4n) is 4.52. The van der Waals surface area contributed by atoms with E-state index in [1.54, 1.807) is 23.1 Å². The third-order valence-corrected chi connectivity index (χ3v) is 7.67. The van der Waals surface area contributed by atoms with Gasteiger partial charge >= 0.3 is 5.97 Å². The van der Waals surface area contributed by atoms with Crippen molar-refractivity contribution in [1.82, 2.24) is 4.90 Å². The number of benzene rings is 3. The number of rotatable bonds is 5. The largest absolute Gasteiger partial charge is 0.454 e. The van der Waals surface area contributed by atoms with Gasteiger partial charge < -0.3 is 15.0 Å². The molecule has 0 aliphatic carbocycles. The summed E-state index contributed by atoms with van der Waals surface area (Å²) in [6.45, 7) is -0.446. The number of anilines is 1. The first-order chi connectivity index (χ1) is 16.0. The van der Waals surface area contributed by atoms with Crippen molar-refractivity contribution in [2.24, 2.45) is 0 Å². The summed E-state index contributed by atoms with van der Waals surface area (Å²) in [4.78, 5) is 38.7. The van der Waals surface area contributed by atoms with E-state index < -0.39 is 29.4 Å². The molecule has 2 amide bonds. The van der Waals surface area contributed by atoms with Crippen molar-refractivity contribution in [3.63, 3.8) is 0 Å². The molecule has 6 nitrogen and oxygen atoms in total. The third kappa shape index (κ3) is 3.95. The molecule has 0 radical (unpaired) electrons. The number of fused-ring (bicyclic) bond motifs is 2. The van der Waals surface area contributed by atoms with Gasteiger partial charge in [0.05, 0.1) is 0 Å². The van der Waals surface area contributed by atoms with Crippen LogP contribution in [0, 0.1) is 5.82 Å². The monoisotopic (exact) mass is 464 g/mol. The van der Waals surface area contributed by atoms with Crippen molar-refractivity contribution in [2.75, 3.05) is 17.7 Å². The Morgan fingerprint density at radius 1 is 1.09 bits per heavy atom. The molecule has 33 heavy (non-hydrogen) atoms. The molecular weight excluding hydrogens is 443 g/mol. The molecule has 8 heteroatoms. The number of carbonyl (C=O) groups is 3. The van der Waals surface area contributed by atoms with Gasteiger partial charge in [-0.25, -0.2) is 9.18 Å². The SMILES string of the molecule is O=C(COC(=O)[C@@H]1CS[C@@]2(c3ccc(F)cc3)CCC(=O)N12)Nc1ccc2ccccc2c1. The third-order valence-electron chi connectivity index (χ3n) is 6.07. The van der Waals surface area contributed by atoms with E-state index in [1.165, 1.54) is 23.9 Å². The molecule has 2 fully saturated rings. The number of amides is 2. The molecule has 1 N–H and O–H groups in total. The lowest BCUT2D eigenvalue weighted by atomic mass is 10.0. The maximum absolute atomic E-state index is 13.4. The van der Waals surface area contributed by atoms with Crippen LogP contribution in [-0.2, 0) is 24.0 Å². The first kappa shape index (κ1) is 21.5. The molecule has 0 bridgehead atoms. The molecule has 2 atom stereocenters. The van der Waals surface area contributed by atoms with Crippen molar-refractivity contribution >= 4 is 46.0 Å². The molecule has 0 saturated carbocycles. The zero-order chi connectivity index (χ0) is 23.0. The first-order valence-electron chi connectivity index (χ1n) is 10.6. The van der Waals surface area contributed by atoms with E-state index in [2.05, 4.69) is 5.32 Å². The predicted molar refractivity (Wildman–Crippen MR) is 124 cm³/mol. The lowest BCUT2D eigenvalue weighted by molar-refractivity contribution is -0.155. The highest BCUT2D eigenvalue weighted by molar-refractivity contribution is 8.00. The highest BCUT2D eigenvalue weighted by Crippen LogP contribution is 2.54. The maximum atomic E-state index is 13.4. The van der Waals surface area contributed by atoms with Crippen LogP contribution >= 0.6 is 11.8 Å². The van der Waals surface area contributed by atoms with E-state index in [4.69, 9.17) is 4.74 Å². The minimum Gasteiger partial charge on any atom is -0.454 e. The predicted octanol–water partition coefficient (Wildman–Crippen LogP) is 4.05. The van der Waals surface area contributed by atoms with Crippen molar-refractivity contribution < 1.29 is 23.5 Å². The smallest absolute Gasteiger partial charge is 0.330 e. The van der Waals surface area contributed by atoms with Crippen molar-refractivity contribution in [1.29, 1.82) is 0 Å². The number of carbonyl (C=O) groups excluding carboxylic acids is 3. The van der Waals surface area contributed by atoms with Crippen LogP contribution in [0.1, 0.15) is 18.4 Å². The molecule has 168 valence electrons. The number of esters is 1. The van der Waals surface area contributed by atoms with Crippen LogP contribution in [0.4, 0.5) is 10.1 Å². The number of halogens is 1.